The summed E-state index contributed by atoms with van der Waals surface area (Å²) in [5, 5.41) is 8.11. The number of hydrogen-bond acceptors (Lipinski definition) is 6. The third-order valence-corrected chi connectivity index (χ3v) is 4.73. The number of carbonyl (C=O) groups is 2. The SMILES string of the molecule is CCOC(=O)C(CC(=O)O)Sc1nc2ccccc2s1. The molecule has 1 aromatic carbocycles. The number of carboxylic acid groups (broad SMARTS) is 1. The number of hydrogen-bond donors (Lipinski definition) is 1. The summed E-state index contributed by atoms with van der Waals surface area (Å²) in [5.41, 5.74) is 0.845. The Morgan fingerprint density at radius 1 is 1.45 bits per heavy atom. The molecule has 1 heterocycles. The number of carboxylic acids is 1. The summed E-state index contributed by atoms with van der Waals surface area (Å²) >= 11 is 2.58. The number of carbonyl (C=O) groups excluding carboxylic acids is 1. The van der Waals surface area contributed by atoms with Crippen molar-refractivity contribution in [1.29, 1.82) is 0 Å². The lowest BCUT2D eigenvalue weighted by molar-refractivity contribution is -0.146. The fourth-order valence-electron chi connectivity index (χ4n) is 1.59. The van der Waals surface area contributed by atoms with E-state index in [2.05, 4.69) is 4.98 Å². The zero-order chi connectivity index (χ0) is 14.5. The van der Waals surface area contributed by atoms with Crippen LogP contribution in [0.2, 0.25) is 0 Å². The molecule has 2 aromatic rings. The first kappa shape index (κ1) is 14.8. The van der Waals surface area contributed by atoms with Gasteiger partial charge in [0.05, 0.1) is 23.2 Å². The van der Waals surface area contributed by atoms with Gasteiger partial charge in [-0.1, -0.05) is 23.9 Å². The van der Waals surface area contributed by atoms with Crippen LogP contribution in [0.15, 0.2) is 28.6 Å². The Morgan fingerprint density at radius 2 is 2.20 bits per heavy atom. The number of benzene rings is 1. The maximum absolute atomic E-state index is 11.8. The lowest BCUT2D eigenvalue weighted by Crippen LogP contribution is -2.23. The van der Waals surface area contributed by atoms with Crippen LogP contribution in [0.5, 0.6) is 0 Å². The second kappa shape index (κ2) is 6.71. The highest BCUT2D eigenvalue weighted by Gasteiger charge is 2.25. The molecular weight excluding hydrogens is 298 g/mol. The summed E-state index contributed by atoms with van der Waals surface area (Å²) in [5.74, 6) is -1.55. The minimum atomic E-state index is -1.03. The van der Waals surface area contributed by atoms with E-state index in [4.69, 9.17) is 9.84 Å². The molecule has 2 rings (SSSR count). The van der Waals surface area contributed by atoms with Gasteiger partial charge in [-0.2, -0.15) is 0 Å². The van der Waals surface area contributed by atoms with Crippen molar-refractivity contribution in [2.45, 2.75) is 22.9 Å². The minimum absolute atomic E-state index is 0.232. The second-order valence-electron chi connectivity index (χ2n) is 3.90. The molecule has 0 saturated carbocycles. The van der Waals surface area contributed by atoms with Crippen LogP contribution in [0.4, 0.5) is 0 Å². The van der Waals surface area contributed by atoms with Crippen molar-refractivity contribution >= 4 is 45.3 Å². The molecule has 0 saturated heterocycles. The van der Waals surface area contributed by atoms with Crippen molar-refractivity contribution < 1.29 is 19.4 Å². The fourth-order valence-corrected chi connectivity index (χ4v) is 3.88. The van der Waals surface area contributed by atoms with Crippen molar-refractivity contribution in [1.82, 2.24) is 4.98 Å². The first-order valence-electron chi connectivity index (χ1n) is 6.00. The number of nitrogens with zero attached hydrogens (tertiary/aromatic N) is 1. The van der Waals surface area contributed by atoms with Gasteiger partial charge >= 0.3 is 11.9 Å². The first-order chi connectivity index (χ1) is 9.60. The van der Waals surface area contributed by atoms with E-state index in [0.717, 1.165) is 22.0 Å². The molecule has 0 bridgehead atoms. The highest BCUT2D eigenvalue weighted by molar-refractivity contribution is 8.02. The number of ether oxygens (including phenoxy) is 1. The maximum atomic E-state index is 11.8. The third kappa shape index (κ3) is 3.71. The van der Waals surface area contributed by atoms with E-state index in [-0.39, 0.29) is 13.0 Å². The molecule has 1 atom stereocenters. The molecule has 0 aliphatic rings. The number of thioether (sulfide) groups is 1. The van der Waals surface area contributed by atoms with Crippen LogP contribution in [0, 0.1) is 0 Å². The van der Waals surface area contributed by atoms with Crippen molar-refractivity contribution in [3.05, 3.63) is 24.3 Å². The Bertz CT molecular complexity index is 593. The van der Waals surface area contributed by atoms with Gasteiger partial charge in [0.15, 0.2) is 4.34 Å². The average Bonchev–Trinajstić information content (AvgIpc) is 2.80. The van der Waals surface area contributed by atoms with Crippen LogP contribution in [0.3, 0.4) is 0 Å². The highest BCUT2D eigenvalue weighted by Crippen LogP contribution is 2.33. The van der Waals surface area contributed by atoms with Gasteiger partial charge < -0.3 is 9.84 Å². The van der Waals surface area contributed by atoms with Crippen LogP contribution in [-0.4, -0.2) is 33.9 Å². The fraction of sp³-hybridized carbons (Fsp3) is 0.308. The number of thiazole rings is 1. The lowest BCUT2D eigenvalue weighted by Gasteiger charge is -2.11. The van der Waals surface area contributed by atoms with E-state index < -0.39 is 17.2 Å². The molecule has 1 N–H and O–H groups in total. The lowest BCUT2D eigenvalue weighted by atomic mass is 10.3. The summed E-state index contributed by atoms with van der Waals surface area (Å²) in [4.78, 5) is 27.0. The third-order valence-electron chi connectivity index (χ3n) is 2.43. The van der Waals surface area contributed by atoms with Gasteiger partial charge in [-0.3, -0.25) is 9.59 Å². The van der Waals surface area contributed by atoms with E-state index in [1.54, 1.807) is 6.92 Å². The zero-order valence-corrected chi connectivity index (χ0v) is 12.4. The molecule has 0 fully saturated rings. The van der Waals surface area contributed by atoms with Crippen LogP contribution >= 0.6 is 23.1 Å². The molecule has 20 heavy (non-hydrogen) atoms. The van der Waals surface area contributed by atoms with E-state index in [1.165, 1.54) is 11.3 Å². The summed E-state index contributed by atoms with van der Waals surface area (Å²) in [6.07, 6.45) is -0.278. The van der Waals surface area contributed by atoms with Gasteiger partial charge in [-0.05, 0) is 19.1 Å². The first-order valence-corrected chi connectivity index (χ1v) is 7.70. The molecule has 0 aliphatic heterocycles. The molecule has 106 valence electrons. The van der Waals surface area contributed by atoms with E-state index in [1.807, 2.05) is 24.3 Å². The second-order valence-corrected chi connectivity index (χ2v) is 6.38. The summed E-state index contributed by atoms with van der Waals surface area (Å²) < 4.78 is 6.58. The Hall–Kier alpha value is -1.60. The van der Waals surface area contributed by atoms with E-state index >= 15 is 0 Å². The van der Waals surface area contributed by atoms with Crippen LogP contribution in [-0.2, 0) is 14.3 Å². The highest BCUT2D eigenvalue weighted by atomic mass is 32.2. The maximum Gasteiger partial charge on any atom is 0.320 e. The normalized spacial score (nSPS) is 12.2. The molecular formula is C13H13NO4S2. The Balaban J connectivity index is 2.17. The molecule has 1 aromatic heterocycles. The molecule has 0 radical (unpaired) electrons. The predicted molar refractivity (Wildman–Crippen MR) is 78.2 cm³/mol. The number of para-hydroxylation sites is 1. The van der Waals surface area contributed by atoms with E-state index in [9.17, 15) is 9.59 Å². The summed E-state index contributed by atoms with van der Waals surface area (Å²) in [6, 6.07) is 7.62. The summed E-state index contributed by atoms with van der Waals surface area (Å²) in [7, 11) is 0. The smallest absolute Gasteiger partial charge is 0.320 e. The standard InChI is InChI=1S/C13H13NO4S2/c1-2-18-12(17)10(7-11(15)16)20-13-14-8-5-3-4-6-9(8)19-13/h3-6,10H,2,7H2,1H3,(H,15,16). The largest absolute Gasteiger partial charge is 0.481 e. The van der Waals surface area contributed by atoms with Crippen LogP contribution in [0.1, 0.15) is 13.3 Å². The van der Waals surface area contributed by atoms with E-state index in [0.29, 0.717) is 4.34 Å². The quantitative estimate of drug-likeness (QED) is 0.653. The topological polar surface area (TPSA) is 76.5 Å². The molecule has 0 aliphatic carbocycles. The number of rotatable bonds is 6. The van der Waals surface area contributed by atoms with Crippen molar-refractivity contribution in [3.8, 4) is 0 Å². The number of aliphatic carboxylic acids is 1. The molecule has 1 unspecified atom stereocenters. The van der Waals surface area contributed by atoms with Crippen molar-refractivity contribution in [2.75, 3.05) is 6.61 Å². The van der Waals surface area contributed by atoms with Crippen molar-refractivity contribution in [3.63, 3.8) is 0 Å². The molecule has 0 amide bonds. The predicted octanol–water partition coefficient (Wildman–Crippen LogP) is 2.79. The molecule has 0 spiro atoms. The number of aromatic nitrogens is 1. The van der Waals surface area contributed by atoms with Gasteiger partial charge in [0.1, 0.15) is 5.25 Å². The van der Waals surface area contributed by atoms with Gasteiger partial charge in [0, 0.05) is 0 Å². The van der Waals surface area contributed by atoms with Gasteiger partial charge in [-0.15, -0.1) is 11.3 Å². The average molecular weight is 311 g/mol. The number of fused-ring (bicyclic) bond motifs is 1. The van der Waals surface area contributed by atoms with Gasteiger partial charge in [0.25, 0.3) is 0 Å². The zero-order valence-electron chi connectivity index (χ0n) is 10.7. The molecule has 7 heteroatoms. The Kier molecular flexibility index (Phi) is 4.97. The Labute approximate surface area is 124 Å². The molecule has 5 nitrogen and oxygen atoms in total. The monoisotopic (exact) mass is 311 g/mol. The van der Waals surface area contributed by atoms with Gasteiger partial charge in [0.2, 0.25) is 0 Å². The summed E-state index contributed by atoms with van der Waals surface area (Å²) in [6.45, 7) is 1.92. The minimum Gasteiger partial charge on any atom is -0.481 e. The Morgan fingerprint density at radius 3 is 2.85 bits per heavy atom. The van der Waals surface area contributed by atoms with Crippen LogP contribution in [0.25, 0.3) is 10.2 Å². The van der Waals surface area contributed by atoms with Crippen molar-refractivity contribution in [2.24, 2.45) is 0 Å². The number of esters is 1. The van der Waals surface area contributed by atoms with Gasteiger partial charge in [-0.25, -0.2) is 4.98 Å². The van der Waals surface area contributed by atoms with Crippen LogP contribution < -0.4 is 0 Å².